The van der Waals surface area contributed by atoms with E-state index in [2.05, 4.69) is 21.2 Å². The van der Waals surface area contributed by atoms with Crippen LogP contribution in [0.15, 0.2) is 22.7 Å². The summed E-state index contributed by atoms with van der Waals surface area (Å²) in [5, 5.41) is 3.14. The smallest absolute Gasteiger partial charge is 0.252 e. The van der Waals surface area contributed by atoms with E-state index in [1.54, 1.807) is 0 Å². The lowest BCUT2D eigenvalue weighted by Crippen LogP contribution is -2.40. The molecule has 0 bridgehead atoms. The number of amides is 1. The van der Waals surface area contributed by atoms with Crippen molar-refractivity contribution in [3.05, 3.63) is 33.8 Å². The SMILES string of the molecule is Cc1ccc(Br)c(C(=O)NC2CCCCCC2Cl)c1. The molecule has 0 radical (unpaired) electrons. The number of hydrogen-bond donors (Lipinski definition) is 1. The van der Waals surface area contributed by atoms with Gasteiger partial charge in [-0.05, 0) is 47.8 Å². The summed E-state index contributed by atoms with van der Waals surface area (Å²) in [5.41, 5.74) is 1.77. The summed E-state index contributed by atoms with van der Waals surface area (Å²) >= 11 is 9.80. The predicted molar refractivity (Wildman–Crippen MR) is 82.9 cm³/mol. The van der Waals surface area contributed by atoms with Crippen molar-refractivity contribution in [3.63, 3.8) is 0 Å². The Hall–Kier alpha value is -0.540. The molecule has 1 aromatic rings. The van der Waals surface area contributed by atoms with Crippen LogP contribution in [0.25, 0.3) is 0 Å². The molecule has 1 aromatic carbocycles. The van der Waals surface area contributed by atoms with Crippen LogP contribution < -0.4 is 5.32 Å². The van der Waals surface area contributed by atoms with Gasteiger partial charge in [-0.3, -0.25) is 4.79 Å². The van der Waals surface area contributed by atoms with Gasteiger partial charge in [-0.1, -0.05) is 30.9 Å². The van der Waals surface area contributed by atoms with E-state index in [4.69, 9.17) is 11.6 Å². The molecule has 1 N–H and O–H groups in total. The molecule has 2 rings (SSSR count). The molecule has 1 aliphatic rings. The highest BCUT2D eigenvalue weighted by atomic mass is 79.9. The third-order valence-electron chi connectivity index (χ3n) is 3.61. The topological polar surface area (TPSA) is 29.1 Å². The van der Waals surface area contributed by atoms with Gasteiger partial charge in [-0.2, -0.15) is 0 Å². The second-order valence-electron chi connectivity index (χ2n) is 5.22. The Kier molecular flexibility index (Phi) is 5.28. The van der Waals surface area contributed by atoms with Gasteiger partial charge in [0.15, 0.2) is 0 Å². The van der Waals surface area contributed by atoms with Crippen molar-refractivity contribution in [1.29, 1.82) is 0 Å². The maximum atomic E-state index is 12.3. The van der Waals surface area contributed by atoms with Crippen LogP contribution >= 0.6 is 27.5 Å². The second-order valence-corrected chi connectivity index (χ2v) is 6.63. The highest BCUT2D eigenvalue weighted by Crippen LogP contribution is 2.24. The van der Waals surface area contributed by atoms with Gasteiger partial charge < -0.3 is 5.32 Å². The van der Waals surface area contributed by atoms with Crippen molar-refractivity contribution in [2.45, 2.75) is 50.4 Å². The predicted octanol–water partition coefficient (Wildman–Crippen LogP) is 4.43. The number of benzene rings is 1. The van der Waals surface area contributed by atoms with E-state index in [0.29, 0.717) is 5.56 Å². The van der Waals surface area contributed by atoms with Gasteiger partial charge in [0.1, 0.15) is 0 Å². The number of halogens is 2. The van der Waals surface area contributed by atoms with Crippen LogP contribution in [0.5, 0.6) is 0 Å². The lowest BCUT2D eigenvalue weighted by molar-refractivity contribution is 0.0933. The Labute approximate surface area is 128 Å². The second kappa shape index (κ2) is 6.76. The first-order valence-corrected chi connectivity index (χ1v) is 8.02. The molecule has 0 aromatic heterocycles. The lowest BCUT2D eigenvalue weighted by Gasteiger charge is -2.21. The van der Waals surface area contributed by atoms with Crippen LogP contribution in [0.4, 0.5) is 0 Å². The van der Waals surface area contributed by atoms with Gasteiger partial charge in [0, 0.05) is 10.5 Å². The maximum absolute atomic E-state index is 12.3. The quantitative estimate of drug-likeness (QED) is 0.624. The fraction of sp³-hybridized carbons (Fsp3) is 0.533. The first-order chi connectivity index (χ1) is 9.08. The van der Waals surface area contributed by atoms with Crippen molar-refractivity contribution in [3.8, 4) is 0 Å². The Morgan fingerprint density at radius 2 is 2.05 bits per heavy atom. The number of aryl methyl sites for hydroxylation is 1. The number of nitrogens with one attached hydrogen (secondary N) is 1. The van der Waals surface area contributed by atoms with Gasteiger partial charge in [0.05, 0.1) is 10.9 Å². The molecule has 0 aliphatic heterocycles. The largest absolute Gasteiger partial charge is 0.348 e. The zero-order chi connectivity index (χ0) is 13.8. The van der Waals surface area contributed by atoms with Crippen molar-refractivity contribution in [1.82, 2.24) is 5.32 Å². The van der Waals surface area contributed by atoms with Crippen LogP contribution in [-0.4, -0.2) is 17.3 Å². The molecule has 2 atom stereocenters. The molecule has 19 heavy (non-hydrogen) atoms. The summed E-state index contributed by atoms with van der Waals surface area (Å²) in [6.07, 6.45) is 5.48. The third kappa shape index (κ3) is 3.96. The molecule has 0 saturated heterocycles. The first kappa shape index (κ1) is 14.9. The Balaban J connectivity index is 2.09. The molecule has 4 heteroatoms. The number of carbonyl (C=O) groups excluding carboxylic acids is 1. The summed E-state index contributed by atoms with van der Waals surface area (Å²) in [6.45, 7) is 1.99. The summed E-state index contributed by atoms with van der Waals surface area (Å²) in [7, 11) is 0. The first-order valence-electron chi connectivity index (χ1n) is 6.79. The zero-order valence-electron chi connectivity index (χ0n) is 11.1. The molecular formula is C15H19BrClNO. The molecule has 1 fully saturated rings. The standard InChI is InChI=1S/C15H19BrClNO/c1-10-7-8-12(16)11(9-10)15(19)18-14-6-4-2-3-5-13(14)17/h7-9,13-14H,2-6H2,1H3,(H,18,19). The van der Waals surface area contributed by atoms with Gasteiger partial charge in [0.2, 0.25) is 0 Å². The van der Waals surface area contributed by atoms with Crippen LogP contribution in [0.3, 0.4) is 0 Å². The monoisotopic (exact) mass is 343 g/mol. The number of carbonyl (C=O) groups is 1. The third-order valence-corrected chi connectivity index (χ3v) is 4.83. The fourth-order valence-electron chi connectivity index (χ4n) is 2.48. The van der Waals surface area contributed by atoms with Crippen LogP contribution in [0.2, 0.25) is 0 Å². The summed E-state index contributed by atoms with van der Waals surface area (Å²) in [6, 6.07) is 5.88. The minimum Gasteiger partial charge on any atom is -0.348 e. The molecular weight excluding hydrogens is 326 g/mol. The van der Waals surface area contributed by atoms with E-state index in [-0.39, 0.29) is 17.3 Å². The van der Waals surface area contributed by atoms with Crippen molar-refractivity contribution in [2.75, 3.05) is 0 Å². The molecule has 2 nitrogen and oxygen atoms in total. The highest BCUT2D eigenvalue weighted by Gasteiger charge is 2.24. The number of alkyl halides is 1. The molecule has 104 valence electrons. The lowest BCUT2D eigenvalue weighted by atomic mass is 10.1. The highest BCUT2D eigenvalue weighted by molar-refractivity contribution is 9.10. The molecule has 0 spiro atoms. The summed E-state index contributed by atoms with van der Waals surface area (Å²) in [5.74, 6) is -0.0341. The van der Waals surface area contributed by atoms with E-state index in [9.17, 15) is 4.79 Å². The molecule has 1 amide bonds. The van der Waals surface area contributed by atoms with Crippen molar-refractivity contribution in [2.24, 2.45) is 0 Å². The Morgan fingerprint density at radius 1 is 1.32 bits per heavy atom. The fourth-order valence-corrected chi connectivity index (χ4v) is 3.25. The average molecular weight is 345 g/mol. The van der Waals surface area contributed by atoms with Crippen LogP contribution in [0.1, 0.15) is 48.0 Å². The average Bonchev–Trinajstić information content (AvgIpc) is 2.58. The van der Waals surface area contributed by atoms with Gasteiger partial charge >= 0.3 is 0 Å². The van der Waals surface area contributed by atoms with E-state index >= 15 is 0 Å². The number of hydrogen-bond acceptors (Lipinski definition) is 1. The van der Waals surface area contributed by atoms with E-state index in [1.807, 2.05) is 25.1 Å². The maximum Gasteiger partial charge on any atom is 0.252 e. The van der Waals surface area contributed by atoms with E-state index in [0.717, 1.165) is 35.7 Å². The van der Waals surface area contributed by atoms with Crippen molar-refractivity contribution < 1.29 is 4.79 Å². The number of rotatable bonds is 2. The van der Waals surface area contributed by atoms with E-state index < -0.39 is 0 Å². The molecule has 1 aliphatic carbocycles. The summed E-state index contributed by atoms with van der Waals surface area (Å²) < 4.78 is 0.829. The molecule has 1 saturated carbocycles. The minimum atomic E-state index is -0.0341. The van der Waals surface area contributed by atoms with E-state index in [1.165, 1.54) is 6.42 Å². The minimum absolute atomic E-state index is 0.0341. The van der Waals surface area contributed by atoms with Gasteiger partial charge in [0.25, 0.3) is 5.91 Å². The van der Waals surface area contributed by atoms with Crippen LogP contribution in [-0.2, 0) is 0 Å². The molecule has 2 unspecified atom stereocenters. The van der Waals surface area contributed by atoms with Crippen molar-refractivity contribution >= 4 is 33.4 Å². The normalized spacial score (nSPS) is 23.7. The Bertz CT molecular complexity index is 463. The van der Waals surface area contributed by atoms with Gasteiger partial charge in [-0.15, -0.1) is 11.6 Å². The van der Waals surface area contributed by atoms with Crippen LogP contribution in [0, 0.1) is 6.92 Å². The molecule has 0 heterocycles. The summed E-state index contributed by atoms with van der Waals surface area (Å²) in [4.78, 5) is 12.3. The Morgan fingerprint density at radius 3 is 2.84 bits per heavy atom. The van der Waals surface area contributed by atoms with Gasteiger partial charge in [-0.25, -0.2) is 0 Å². The zero-order valence-corrected chi connectivity index (χ0v) is 13.4.